The monoisotopic (exact) mass is 262 g/mol. The highest BCUT2D eigenvalue weighted by Crippen LogP contribution is 2.14. The number of sulfonamides is 1. The number of benzene rings is 1. The normalized spacial score (nSPS) is 10.8. The van der Waals surface area contributed by atoms with E-state index in [-0.39, 0.29) is 5.75 Å². The lowest BCUT2D eigenvalue weighted by atomic mass is 10.1. The van der Waals surface area contributed by atoms with Crippen molar-refractivity contribution >= 4 is 15.7 Å². The van der Waals surface area contributed by atoms with E-state index in [1.807, 2.05) is 6.07 Å². The summed E-state index contributed by atoms with van der Waals surface area (Å²) >= 11 is 0. The van der Waals surface area contributed by atoms with Crippen LogP contribution in [-0.4, -0.2) is 18.6 Å². The smallest absolute Gasteiger partial charge is 0.237 e. The average Bonchev–Trinajstić information content (AvgIpc) is 2.81. The highest BCUT2D eigenvalue weighted by atomic mass is 32.2. The molecule has 1 aromatic heterocycles. The molecule has 0 aliphatic rings. The zero-order chi connectivity index (χ0) is 13.0. The molecule has 0 unspecified atom stereocenters. The van der Waals surface area contributed by atoms with Gasteiger partial charge in [0.1, 0.15) is 0 Å². The van der Waals surface area contributed by atoms with E-state index in [0.29, 0.717) is 16.8 Å². The van der Waals surface area contributed by atoms with E-state index in [4.69, 9.17) is 5.26 Å². The summed E-state index contributed by atoms with van der Waals surface area (Å²) in [5.41, 5.74) is 1.19. The van der Waals surface area contributed by atoms with Gasteiger partial charge in [-0.05, 0) is 11.6 Å². The van der Waals surface area contributed by atoms with Crippen molar-refractivity contribution in [2.45, 2.75) is 5.75 Å². The van der Waals surface area contributed by atoms with Crippen molar-refractivity contribution in [1.82, 2.24) is 10.2 Å². The molecule has 6 nitrogen and oxygen atoms in total. The molecule has 2 rings (SSSR count). The third-order valence-electron chi connectivity index (χ3n) is 2.25. The van der Waals surface area contributed by atoms with Crippen LogP contribution >= 0.6 is 0 Å². The van der Waals surface area contributed by atoms with Gasteiger partial charge in [-0.3, -0.25) is 9.82 Å². The van der Waals surface area contributed by atoms with Gasteiger partial charge in [-0.25, -0.2) is 8.42 Å². The maximum absolute atomic E-state index is 11.9. The minimum absolute atomic E-state index is 0.248. The molecule has 0 saturated heterocycles. The molecule has 0 amide bonds. The molecule has 0 aliphatic carbocycles. The largest absolute Gasteiger partial charge is 0.284 e. The van der Waals surface area contributed by atoms with E-state index in [1.165, 1.54) is 12.4 Å². The molecule has 2 aromatic rings. The molecular formula is C11H10N4O2S. The van der Waals surface area contributed by atoms with Gasteiger partial charge in [0.15, 0.2) is 0 Å². The van der Waals surface area contributed by atoms with Crippen LogP contribution in [0.2, 0.25) is 0 Å². The van der Waals surface area contributed by atoms with Crippen LogP contribution < -0.4 is 4.72 Å². The summed E-state index contributed by atoms with van der Waals surface area (Å²) in [4.78, 5) is 0. The molecule has 0 bridgehead atoms. The summed E-state index contributed by atoms with van der Waals surface area (Å²) in [6.45, 7) is 0. The minimum Gasteiger partial charge on any atom is -0.284 e. The second kappa shape index (κ2) is 4.89. The molecule has 0 saturated carbocycles. The van der Waals surface area contributed by atoms with Crippen molar-refractivity contribution in [2.24, 2.45) is 0 Å². The number of nitrogens with zero attached hydrogens (tertiary/aromatic N) is 2. The molecule has 1 aromatic carbocycles. The number of aromatic nitrogens is 2. The van der Waals surface area contributed by atoms with Gasteiger partial charge in [-0.2, -0.15) is 10.4 Å². The first-order valence-electron chi connectivity index (χ1n) is 5.08. The molecule has 0 spiro atoms. The first-order valence-corrected chi connectivity index (χ1v) is 6.73. The molecule has 0 aliphatic heterocycles. The Morgan fingerprint density at radius 1 is 1.39 bits per heavy atom. The van der Waals surface area contributed by atoms with Gasteiger partial charge in [0.2, 0.25) is 10.0 Å². The predicted molar refractivity (Wildman–Crippen MR) is 66.0 cm³/mol. The van der Waals surface area contributed by atoms with Gasteiger partial charge in [0.25, 0.3) is 0 Å². The minimum atomic E-state index is -3.55. The maximum atomic E-state index is 11.9. The van der Waals surface area contributed by atoms with Crippen LogP contribution in [0.25, 0.3) is 0 Å². The zero-order valence-corrected chi connectivity index (χ0v) is 10.1. The van der Waals surface area contributed by atoms with Gasteiger partial charge >= 0.3 is 0 Å². The van der Waals surface area contributed by atoms with E-state index in [1.54, 1.807) is 24.3 Å². The van der Waals surface area contributed by atoms with E-state index < -0.39 is 10.0 Å². The lowest BCUT2D eigenvalue weighted by Gasteiger charge is -2.06. The molecule has 0 atom stereocenters. The van der Waals surface area contributed by atoms with Crippen molar-refractivity contribution in [2.75, 3.05) is 4.72 Å². The first-order chi connectivity index (χ1) is 8.61. The summed E-state index contributed by atoms with van der Waals surface area (Å²) in [6.07, 6.45) is 2.81. The van der Waals surface area contributed by atoms with Crippen LogP contribution in [0.15, 0.2) is 36.7 Å². The van der Waals surface area contributed by atoms with Crippen LogP contribution in [-0.2, 0) is 15.8 Å². The van der Waals surface area contributed by atoms with Gasteiger partial charge in [0.05, 0.1) is 29.3 Å². The lowest BCUT2D eigenvalue weighted by molar-refractivity contribution is 0.600. The molecule has 92 valence electrons. The lowest BCUT2D eigenvalue weighted by Crippen LogP contribution is -2.15. The standard InChI is InChI=1S/C11H10N4O2S/c12-5-9-3-1-2-4-10(9)8-18(16,17)15-11-6-13-14-7-11/h1-4,6-7,15H,8H2,(H,13,14). The second-order valence-corrected chi connectivity index (χ2v) is 5.34. The molecule has 1 heterocycles. The van der Waals surface area contributed by atoms with Crippen molar-refractivity contribution < 1.29 is 8.42 Å². The number of rotatable bonds is 4. The average molecular weight is 262 g/mol. The number of anilines is 1. The summed E-state index contributed by atoms with van der Waals surface area (Å²) in [5, 5.41) is 15.0. The maximum Gasteiger partial charge on any atom is 0.237 e. The SMILES string of the molecule is N#Cc1ccccc1CS(=O)(=O)Nc1cn[nH]c1. The van der Waals surface area contributed by atoms with Crippen molar-refractivity contribution in [3.05, 3.63) is 47.8 Å². The van der Waals surface area contributed by atoms with Gasteiger partial charge < -0.3 is 0 Å². The Morgan fingerprint density at radius 3 is 2.83 bits per heavy atom. The topological polar surface area (TPSA) is 98.6 Å². The summed E-state index contributed by atoms with van der Waals surface area (Å²) in [7, 11) is -3.55. The fraction of sp³-hybridized carbons (Fsp3) is 0.0909. The number of aromatic amines is 1. The highest BCUT2D eigenvalue weighted by molar-refractivity contribution is 7.91. The van der Waals surface area contributed by atoms with Crippen LogP contribution in [0.3, 0.4) is 0 Å². The molecule has 0 radical (unpaired) electrons. The Morgan fingerprint density at radius 2 is 2.17 bits per heavy atom. The first kappa shape index (κ1) is 12.1. The van der Waals surface area contributed by atoms with E-state index in [0.717, 1.165) is 0 Å². The fourth-order valence-electron chi connectivity index (χ4n) is 1.48. The van der Waals surface area contributed by atoms with Gasteiger partial charge in [0, 0.05) is 6.20 Å². The third-order valence-corrected chi connectivity index (χ3v) is 3.49. The van der Waals surface area contributed by atoms with Gasteiger partial charge in [-0.15, -0.1) is 0 Å². The third kappa shape index (κ3) is 2.87. The Hall–Kier alpha value is -2.33. The number of H-pyrrole nitrogens is 1. The Kier molecular flexibility index (Phi) is 3.30. The van der Waals surface area contributed by atoms with E-state index >= 15 is 0 Å². The molecule has 2 N–H and O–H groups in total. The number of hydrogen-bond acceptors (Lipinski definition) is 4. The number of hydrogen-bond donors (Lipinski definition) is 2. The molecule has 0 fully saturated rings. The van der Waals surface area contributed by atoms with Gasteiger partial charge in [-0.1, -0.05) is 18.2 Å². The molecule has 7 heteroatoms. The van der Waals surface area contributed by atoms with E-state index in [2.05, 4.69) is 14.9 Å². The van der Waals surface area contributed by atoms with Crippen molar-refractivity contribution in [3.8, 4) is 6.07 Å². The van der Waals surface area contributed by atoms with Crippen LogP contribution in [0.5, 0.6) is 0 Å². The zero-order valence-electron chi connectivity index (χ0n) is 9.29. The van der Waals surface area contributed by atoms with Crippen LogP contribution in [0, 0.1) is 11.3 Å². The Labute approximate surface area is 104 Å². The second-order valence-electron chi connectivity index (χ2n) is 3.62. The van der Waals surface area contributed by atoms with Crippen molar-refractivity contribution in [3.63, 3.8) is 0 Å². The summed E-state index contributed by atoms with van der Waals surface area (Å²) in [5.74, 6) is -0.248. The fourth-order valence-corrected chi connectivity index (χ4v) is 2.69. The molecular weight excluding hydrogens is 252 g/mol. The summed E-state index contributed by atoms with van der Waals surface area (Å²) < 4.78 is 26.1. The van der Waals surface area contributed by atoms with Crippen molar-refractivity contribution in [1.29, 1.82) is 5.26 Å². The van der Waals surface area contributed by atoms with Crippen LogP contribution in [0.4, 0.5) is 5.69 Å². The van der Waals surface area contributed by atoms with Crippen LogP contribution in [0.1, 0.15) is 11.1 Å². The quantitative estimate of drug-likeness (QED) is 0.865. The Bertz CT molecular complexity index is 671. The number of nitrogens with one attached hydrogen (secondary N) is 2. The Balaban J connectivity index is 2.21. The predicted octanol–water partition coefficient (Wildman–Crippen LogP) is 1.22. The molecule has 18 heavy (non-hydrogen) atoms. The van der Waals surface area contributed by atoms with E-state index in [9.17, 15) is 8.42 Å². The summed E-state index contributed by atoms with van der Waals surface area (Å²) in [6, 6.07) is 8.56. The number of nitriles is 1. The highest BCUT2D eigenvalue weighted by Gasteiger charge is 2.14.